The van der Waals surface area contributed by atoms with E-state index in [9.17, 15) is 4.79 Å². The summed E-state index contributed by atoms with van der Waals surface area (Å²) in [5.41, 5.74) is 1.69. The molecule has 14 heavy (non-hydrogen) atoms. The average molecular weight is 191 g/mol. The van der Waals surface area contributed by atoms with Crippen LogP contribution in [0.25, 0.3) is 11.1 Å². The highest BCUT2D eigenvalue weighted by Crippen LogP contribution is 2.16. The number of hydrogen-bond donors (Lipinski definition) is 1. The van der Waals surface area contributed by atoms with Gasteiger partial charge in [-0.05, 0) is 13.0 Å². The molecule has 72 valence electrons. The molecule has 0 aromatic carbocycles. The molecule has 0 saturated heterocycles. The molecule has 0 spiro atoms. The van der Waals surface area contributed by atoms with Gasteiger partial charge in [-0.1, -0.05) is 5.16 Å². The molecule has 5 heteroatoms. The van der Waals surface area contributed by atoms with Crippen LogP contribution in [0, 0.1) is 6.92 Å². The molecule has 2 rings (SSSR count). The van der Waals surface area contributed by atoms with Crippen LogP contribution in [0.5, 0.6) is 0 Å². The largest absolute Gasteiger partial charge is 0.355 e. The third-order valence-electron chi connectivity index (χ3n) is 2.00. The van der Waals surface area contributed by atoms with Crippen molar-refractivity contribution in [3.05, 3.63) is 23.5 Å². The Bertz CT molecular complexity index is 490. The van der Waals surface area contributed by atoms with Crippen LogP contribution < -0.4 is 5.32 Å². The minimum Gasteiger partial charge on any atom is -0.355 e. The molecule has 2 aromatic heterocycles. The number of fused-ring (bicyclic) bond motifs is 1. The summed E-state index contributed by atoms with van der Waals surface area (Å²) in [5, 5.41) is 7.05. The highest BCUT2D eigenvalue weighted by atomic mass is 16.5. The van der Waals surface area contributed by atoms with Gasteiger partial charge in [-0.3, -0.25) is 4.79 Å². The molecule has 2 aromatic rings. The van der Waals surface area contributed by atoms with Crippen molar-refractivity contribution >= 4 is 17.0 Å². The molecule has 0 fully saturated rings. The van der Waals surface area contributed by atoms with E-state index in [2.05, 4.69) is 15.5 Å². The van der Waals surface area contributed by atoms with Crippen LogP contribution in [-0.2, 0) is 0 Å². The monoisotopic (exact) mass is 191 g/mol. The van der Waals surface area contributed by atoms with Crippen LogP contribution in [0.2, 0.25) is 0 Å². The molecule has 0 unspecified atom stereocenters. The number of hydrogen-bond acceptors (Lipinski definition) is 4. The molecule has 0 atom stereocenters. The first-order valence-electron chi connectivity index (χ1n) is 4.16. The second-order valence-electron chi connectivity index (χ2n) is 2.92. The predicted octanol–water partition coefficient (Wildman–Crippen LogP) is 0.891. The third kappa shape index (κ3) is 1.22. The van der Waals surface area contributed by atoms with Crippen LogP contribution in [-0.4, -0.2) is 23.1 Å². The Morgan fingerprint density at radius 3 is 3.07 bits per heavy atom. The maximum absolute atomic E-state index is 11.3. The lowest BCUT2D eigenvalue weighted by molar-refractivity contribution is 0.0963. The van der Waals surface area contributed by atoms with Crippen LogP contribution in [0.3, 0.4) is 0 Å². The number of aromatic nitrogens is 2. The number of aryl methyl sites for hydroxylation is 1. The molecule has 0 aliphatic carbocycles. The molecule has 0 aliphatic rings. The third-order valence-corrected chi connectivity index (χ3v) is 2.00. The molecule has 0 radical (unpaired) electrons. The molecule has 0 saturated carbocycles. The Labute approximate surface area is 80.1 Å². The Balaban J connectivity index is 2.60. The summed E-state index contributed by atoms with van der Waals surface area (Å²) in [6.45, 7) is 1.81. The zero-order chi connectivity index (χ0) is 10.1. The van der Waals surface area contributed by atoms with Crippen molar-refractivity contribution in [2.24, 2.45) is 0 Å². The number of rotatable bonds is 1. The van der Waals surface area contributed by atoms with E-state index in [-0.39, 0.29) is 5.91 Å². The fourth-order valence-corrected chi connectivity index (χ4v) is 1.21. The van der Waals surface area contributed by atoms with Gasteiger partial charge in [-0.25, -0.2) is 4.98 Å². The van der Waals surface area contributed by atoms with Gasteiger partial charge in [0.05, 0.1) is 16.6 Å². The number of carbonyl (C=O) groups excluding carboxylic acids is 1. The Kier molecular flexibility index (Phi) is 1.92. The Hall–Kier alpha value is -1.91. The number of pyridine rings is 1. The first-order chi connectivity index (χ1) is 6.72. The predicted molar refractivity (Wildman–Crippen MR) is 49.9 cm³/mol. The molecule has 2 heterocycles. The number of carbonyl (C=O) groups is 1. The van der Waals surface area contributed by atoms with Crippen molar-refractivity contribution < 1.29 is 9.32 Å². The maximum Gasteiger partial charge on any atom is 0.257 e. The average Bonchev–Trinajstić information content (AvgIpc) is 2.59. The minimum atomic E-state index is -0.167. The molecular weight excluding hydrogens is 182 g/mol. The lowest BCUT2D eigenvalue weighted by atomic mass is 10.2. The van der Waals surface area contributed by atoms with E-state index in [1.165, 1.54) is 6.20 Å². The highest BCUT2D eigenvalue weighted by Gasteiger charge is 2.09. The van der Waals surface area contributed by atoms with E-state index < -0.39 is 0 Å². The van der Waals surface area contributed by atoms with Gasteiger partial charge in [0.1, 0.15) is 0 Å². The van der Waals surface area contributed by atoms with E-state index in [4.69, 9.17) is 4.52 Å². The summed E-state index contributed by atoms with van der Waals surface area (Å²) in [6, 6.07) is 1.72. The zero-order valence-corrected chi connectivity index (χ0v) is 7.87. The fourth-order valence-electron chi connectivity index (χ4n) is 1.21. The van der Waals surface area contributed by atoms with Gasteiger partial charge in [0.15, 0.2) is 0 Å². The summed E-state index contributed by atoms with van der Waals surface area (Å²) in [5.74, 6) is -0.167. The molecule has 5 nitrogen and oxygen atoms in total. The first kappa shape index (κ1) is 8.68. The standard InChI is InChI=1S/C9H9N3O2/c1-5-7-3-6(8(13)10-2)4-11-9(7)14-12-5/h3-4H,1-2H3,(H,10,13). The maximum atomic E-state index is 11.3. The summed E-state index contributed by atoms with van der Waals surface area (Å²) in [7, 11) is 1.58. The quantitative estimate of drug-likeness (QED) is 0.726. The van der Waals surface area contributed by atoms with Crippen molar-refractivity contribution in [1.82, 2.24) is 15.5 Å². The molecule has 1 amide bonds. The summed E-state index contributed by atoms with van der Waals surface area (Å²) >= 11 is 0. The Morgan fingerprint density at radius 2 is 2.36 bits per heavy atom. The second-order valence-corrected chi connectivity index (χ2v) is 2.92. The van der Waals surface area contributed by atoms with Gasteiger partial charge in [0.2, 0.25) is 0 Å². The van der Waals surface area contributed by atoms with Crippen molar-refractivity contribution in [3.63, 3.8) is 0 Å². The van der Waals surface area contributed by atoms with E-state index in [0.29, 0.717) is 11.3 Å². The van der Waals surface area contributed by atoms with Crippen LogP contribution in [0.4, 0.5) is 0 Å². The van der Waals surface area contributed by atoms with Gasteiger partial charge in [0, 0.05) is 13.2 Å². The van der Waals surface area contributed by atoms with E-state index >= 15 is 0 Å². The number of amides is 1. The lowest BCUT2D eigenvalue weighted by Crippen LogP contribution is -2.17. The summed E-state index contributed by atoms with van der Waals surface area (Å²) in [4.78, 5) is 15.3. The molecule has 0 aliphatic heterocycles. The van der Waals surface area contributed by atoms with Crippen LogP contribution in [0.15, 0.2) is 16.8 Å². The van der Waals surface area contributed by atoms with Gasteiger partial charge in [-0.2, -0.15) is 0 Å². The smallest absolute Gasteiger partial charge is 0.257 e. The SMILES string of the molecule is CNC(=O)c1cnc2onc(C)c2c1. The Morgan fingerprint density at radius 1 is 1.57 bits per heavy atom. The topological polar surface area (TPSA) is 68.0 Å². The minimum absolute atomic E-state index is 0.167. The van der Waals surface area contributed by atoms with Crippen molar-refractivity contribution in [3.8, 4) is 0 Å². The zero-order valence-electron chi connectivity index (χ0n) is 7.87. The van der Waals surface area contributed by atoms with Crippen molar-refractivity contribution in [2.75, 3.05) is 7.05 Å². The van der Waals surface area contributed by atoms with Crippen molar-refractivity contribution in [1.29, 1.82) is 0 Å². The van der Waals surface area contributed by atoms with E-state index in [1.807, 2.05) is 0 Å². The first-order valence-corrected chi connectivity index (χ1v) is 4.16. The number of nitrogens with one attached hydrogen (secondary N) is 1. The highest BCUT2D eigenvalue weighted by molar-refractivity contribution is 5.96. The fraction of sp³-hybridized carbons (Fsp3) is 0.222. The van der Waals surface area contributed by atoms with E-state index in [1.54, 1.807) is 20.0 Å². The molecular formula is C9H9N3O2. The normalized spacial score (nSPS) is 10.4. The van der Waals surface area contributed by atoms with Crippen LogP contribution in [0.1, 0.15) is 16.1 Å². The lowest BCUT2D eigenvalue weighted by Gasteiger charge is -1.97. The summed E-state index contributed by atoms with van der Waals surface area (Å²) in [6.07, 6.45) is 1.46. The van der Waals surface area contributed by atoms with Crippen molar-refractivity contribution in [2.45, 2.75) is 6.92 Å². The van der Waals surface area contributed by atoms with Gasteiger partial charge >= 0.3 is 0 Å². The van der Waals surface area contributed by atoms with Gasteiger partial charge in [0.25, 0.3) is 11.6 Å². The van der Waals surface area contributed by atoms with Gasteiger partial charge in [-0.15, -0.1) is 0 Å². The number of nitrogens with zero attached hydrogens (tertiary/aromatic N) is 2. The van der Waals surface area contributed by atoms with Crippen LogP contribution >= 0.6 is 0 Å². The van der Waals surface area contributed by atoms with E-state index in [0.717, 1.165) is 11.1 Å². The molecule has 1 N–H and O–H groups in total. The summed E-state index contributed by atoms with van der Waals surface area (Å²) < 4.78 is 4.92. The van der Waals surface area contributed by atoms with Gasteiger partial charge < -0.3 is 9.84 Å². The second kappa shape index (κ2) is 3.10. The molecule has 0 bridgehead atoms.